The smallest absolute Gasteiger partial charge is 0.372 e. The minimum atomic E-state index is -4.96. The maximum absolute atomic E-state index is 13.4. The molecule has 4 rings (SSSR count). The fraction of sp³-hybridized carbons (Fsp3) is 0.480. The molecule has 37 heavy (non-hydrogen) atoms. The Bertz CT molecular complexity index is 1120. The van der Waals surface area contributed by atoms with Gasteiger partial charge in [0.1, 0.15) is 0 Å². The first-order valence-electron chi connectivity index (χ1n) is 11.6. The van der Waals surface area contributed by atoms with Crippen molar-refractivity contribution >= 4 is 5.91 Å². The number of piperidine rings is 1. The molecule has 1 amide bonds. The third kappa shape index (κ3) is 5.49. The summed E-state index contributed by atoms with van der Waals surface area (Å²) in [5.74, 6) is -0.254. The number of benzene rings is 2. The summed E-state index contributed by atoms with van der Waals surface area (Å²) in [7, 11) is 0. The zero-order chi connectivity index (χ0) is 27.1. The van der Waals surface area contributed by atoms with E-state index in [-0.39, 0.29) is 37.2 Å². The van der Waals surface area contributed by atoms with Gasteiger partial charge in [-0.05, 0) is 49.1 Å². The lowest BCUT2D eigenvalue weighted by Crippen LogP contribution is -2.72. The fourth-order valence-electron chi connectivity index (χ4n) is 5.23. The van der Waals surface area contributed by atoms with Gasteiger partial charge in [0, 0.05) is 6.54 Å². The zero-order valence-electron chi connectivity index (χ0n) is 19.9. The number of alkyl halides is 6. The van der Waals surface area contributed by atoms with Crippen LogP contribution in [-0.2, 0) is 27.4 Å². The molecule has 0 aromatic heterocycles. The largest absolute Gasteiger partial charge is 0.416 e. The van der Waals surface area contributed by atoms with E-state index in [1.165, 1.54) is 6.92 Å². The Kier molecular flexibility index (Phi) is 7.10. The third-order valence-corrected chi connectivity index (χ3v) is 7.20. The van der Waals surface area contributed by atoms with Crippen molar-refractivity contribution in [1.29, 1.82) is 5.53 Å². The van der Waals surface area contributed by atoms with E-state index in [9.17, 15) is 31.1 Å². The van der Waals surface area contributed by atoms with Gasteiger partial charge in [0.25, 0.3) is 0 Å². The van der Waals surface area contributed by atoms with Crippen LogP contribution in [0.25, 0.3) is 0 Å². The summed E-state index contributed by atoms with van der Waals surface area (Å²) < 4.78 is 86.2. The van der Waals surface area contributed by atoms with Crippen LogP contribution in [0.4, 0.5) is 26.3 Å². The number of carbonyl (C=O) groups excluding carboxylic acids is 1. The summed E-state index contributed by atoms with van der Waals surface area (Å²) in [6, 6.07) is 10.6. The lowest BCUT2D eigenvalue weighted by molar-refractivity contribution is -0.143. The van der Waals surface area contributed by atoms with Crippen molar-refractivity contribution < 1.29 is 35.9 Å². The van der Waals surface area contributed by atoms with Crippen LogP contribution in [0.1, 0.15) is 48.1 Å². The van der Waals surface area contributed by atoms with Gasteiger partial charge in [-0.25, -0.2) is 5.53 Å². The average Bonchev–Trinajstić information content (AvgIpc) is 2.83. The number of fused-ring (bicyclic) bond motifs is 2. The molecule has 2 N–H and O–H groups in total. The molecule has 2 heterocycles. The summed E-state index contributed by atoms with van der Waals surface area (Å²) in [6.45, 7) is 1.83. The van der Waals surface area contributed by atoms with Crippen LogP contribution in [0.5, 0.6) is 0 Å². The molecule has 6 nitrogen and oxygen atoms in total. The SMILES string of the molecule is C[C@@H](OC[C@@]1(c2ccccc2)CC[C@]2(CN=N)CN1CC(=O)N2)c1cc(C(F)(F)F)cc(C(F)(F)F)c1. The Morgan fingerprint density at radius 2 is 1.68 bits per heavy atom. The minimum Gasteiger partial charge on any atom is -0.372 e. The molecular weight excluding hydrogens is 502 g/mol. The first-order valence-corrected chi connectivity index (χ1v) is 11.6. The quantitative estimate of drug-likeness (QED) is 0.358. The Labute approximate surface area is 209 Å². The van der Waals surface area contributed by atoms with E-state index in [1.807, 2.05) is 35.2 Å². The van der Waals surface area contributed by atoms with Gasteiger partial charge in [0.05, 0.1) is 48.0 Å². The van der Waals surface area contributed by atoms with E-state index >= 15 is 0 Å². The summed E-state index contributed by atoms with van der Waals surface area (Å²) in [6.07, 6.45) is -10.1. The Morgan fingerprint density at radius 3 is 2.24 bits per heavy atom. The van der Waals surface area contributed by atoms with E-state index < -0.39 is 40.7 Å². The van der Waals surface area contributed by atoms with Crippen LogP contribution in [0.15, 0.2) is 53.6 Å². The highest BCUT2D eigenvalue weighted by Crippen LogP contribution is 2.44. The van der Waals surface area contributed by atoms with Gasteiger partial charge in [-0.3, -0.25) is 9.69 Å². The minimum absolute atomic E-state index is 0.0220. The van der Waals surface area contributed by atoms with Crippen molar-refractivity contribution in [1.82, 2.24) is 10.2 Å². The zero-order valence-corrected chi connectivity index (χ0v) is 19.9. The molecule has 0 spiro atoms. The number of nitrogens with zero attached hydrogens (tertiary/aromatic N) is 2. The van der Waals surface area contributed by atoms with E-state index in [4.69, 9.17) is 10.3 Å². The molecule has 12 heteroatoms. The summed E-state index contributed by atoms with van der Waals surface area (Å²) in [5.41, 5.74) is 3.50. The number of piperazine rings is 1. The van der Waals surface area contributed by atoms with Gasteiger partial charge in [-0.2, -0.15) is 31.5 Å². The molecule has 0 radical (unpaired) electrons. The number of nitrogens with one attached hydrogen (secondary N) is 2. The fourth-order valence-corrected chi connectivity index (χ4v) is 5.23. The van der Waals surface area contributed by atoms with Crippen molar-refractivity contribution in [3.05, 3.63) is 70.8 Å². The number of hydrogen-bond acceptors (Lipinski definition) is 5. The number of ether oxygens (including phenoxy) is 1. The first kappa shape index (κ1) is 27.1. The third-order valence-electron chi connectivity index (χ3n) is 7.20. The molecule has 2 aliphatic rings. The van der Waals surface area contributed by atoms with Crippen molar-refractivity contribution in [3.8, 4) is 0 Å². The second kappa shape index (κ2) is 9.71. The normalized spacial score (nSPS) is 26.9. The van der Waals surface area contributed by atoms with Crippen LogP contribution >= 0.6 is 0 Å². The molecule has 2 saturated heterocycles. The van der Waals surface area contributed by atoms with Gasteiger partial charge in [0.15, 0.2) is 0 Å². The lowest BCUT2D eigenvalue weighted by atomic mass is 9.73. The summed E-state index contributed by atoms with van der Waals surface area (Å²) in [4.78, 5) is 14.5. The first-order chi connectivity index (χ1) is 17.3. The average molecular weight is 528 g/mol. The van der Waals surface area contributed by atoms with Gasteiger partial charge < -0.3 is 10.1 Å². The number of amides is 1. The number of rotatable bonds is 7. The number of hydrogen-bond donors (Lipinski definition) is 2. The highest BCUT2D eigenvalue weighted by Gasteiger charge is 2.53. The summed E-state index contributed by atoms with van der Waals surface area (Å²) in [5, 5.41) is 6.42. The molecule has 200 valence electrons. The highest BCUT2D eigenvalue weighted by atomic mass is 19.4. The van der Waals surface area contributed by atoms with E-state index in [1.54, 1.807) is 0 Å². The van der Waals surface area contributed by atoms with Crippen LogP contribution in [0.2, 0.25) is 0 Å². The predicted octanol–water partition coefficient (Wildman–Crippen LogP) is 5.69. The molecule has 2 aromatic rings. The van der Waals surface area contributed by atoms with Crippen LogP contribution < -0.4 is 5.32 Å². The summed E-state index contributed by atoms with van der Waals surface area (Å²) >= 11 is 0. The molecule has 2 bridgehead atoms. The van der Waals surface area contributed by atoms with Crippen LogP contribution in [0, 0.1) is 5.53 Å². The van der Waals surface area contributed by atoms with Gasteiger partial charge in [-0.15, -0.1) is 0 Å². The molecule has 0 saturated carbocycles. The van der Waals surface area contributed by atoms with Gasteiger partial charge in [-0.1, -0.05) is 30.3 Å². The maximum atomic E-state index is 13.4. The predicted molar refractivity (Wildman–Crippen MR) is 121 cm³/mol. The molecule has 1 unspecified atom stereocenters. The Morgan fingerprint density at radius 1 is 1.05 bits per heavy atom. The highest BCUT2D eigenvalue weighted by molar-refractivity contribution is 5.80. The molecular formula is C25H26F6N4O2. The molecule has 2 aromatic carbocycles. The maximum Gasteiger partial charge on any atom is 0.416 e. The van der Waals surface area contributed by atoms with E-state index in [2.05, 4.69) is 10.4 Å². The van der Waals surface area contributed by atoms with Gasteiger partial charge >= 0.3 is 12.4 Å². The second-order valence-electron chi connectivity index (χ2n) is 9.69. The monoisotopic (exact) mass is 528 g/mol. The molecule has 4 atom stereocenters. The molecule has 2 fully saturated rings. The number of carbonyl (C=O) groups is 1. The van der Waals surface area contributed by atoms with Crippen molar-refractivity contribution in [2.45, 2.75) is 49.3 Å². The molecule has 0 aliphatic carbocycles. The molecule has 2 aliphatic heterocycles. The topological polar surface area (TPSA) is 77.8 Å². The van der Waals surface area contributed by atoms with Crippen LogP contribution in [-0.4, -0.2) is 42.6 Å². The van der Waals surface area contributed by atoms with Crippen molar-refractivity contribution in [2.75, 3.05) is 26.2 Å². The van der Waals surface area contributed by atoms with Gasteiger partial charge in [0.2, 0.25) is 5.91 Å². The second-order valence-corrected chi connectivity index (χ2v) is 9.69. The Balaban J connectivity index is 1.67. The van der Waals surface area contributed by atoms with E-state index in [0.717, 1.165) is 5.56 Å². The van der Waals surface area contributed by atoms with Crippen molar-refractivity contribution in [3.63, 3.8) is 0 Å². The Hall–Kier alpha value is -2.99. The lowest BCUT2D eigenvalue weighted by Gasteiger charge is -2.56. The van der Waals surface area contributed by atoms with Crippen LogP contribution in [0.3, 0.4) is 0 Å². The van der Waals surface area contributed by atoms with E-state index in [0.29, 0.717) is 31.5 Å². The van der Waals surface area contributed by atoms with Crippen molar-refractivity contribution in [2.24, 2.45) is 5.11 Å². The standard InChI is InChI=1S/C25H26F6N4O2/c1-16(17-9-19(24(26,27)28)11-20(10-17)25(29,30)31)37-15-23(18-5-3-2-4-6-18)8-7-22(13-33-32)14-35(23)12-21(36)34-22/h2-6,9-11,16,32H,7-8,12-15H2,1H3,(H,34,36)/t16-,22+,23-/m1/s1. The number of halogens is 6.